The van der Waals surface area contributed by atoms with Gasteiger partial charge < -0.3 is 14.4 Å². The van der Waals surface area contributed by atoms with Crippen molar-refractivity contribution in [1.82, 2.24) is 14.9 Å². The van der Waals surface area contributed by atoms with Crippen molar-refractivity contribution in [3.8, 4) is 6.07 Å². The number of ether oxygens (including phenoxy) is 2. The summed E-state index contributed by atoms with van der Waals surface area (Å²) in [5, 5.41) is 12.6. The van der Waals surface area contributed by atoms with Gasteiger partial charge in [-0.05, 0) is 49.8 Å². The highest BCUT2D eigenvalue weighted by molar-refractivity contribution is 8.00. The van der Waals surface area contributed by atoms with Crippen molar-refractivity contribution in [2.45, 2.75) is 48.8 Å². The number of nitriles is 1. The first-order valence-corrected chi connectivity index (χ1v) is 13.6. The monoisotopic (exact) mass is 536 g/mol. The van der Waals surface area contributed by atoms with Gasteiger partial charge in [0.1, 0.15) is 23.4 Å². The molecule has 2 fully saturated rings. The number of thioether (sulfide) groups is 1. The number of amides is 3. The van der Waals surface area contributed by atoms with Crippen LogP contribution in [0.25, 0.3) is 0 Å². The van der Waals surface area contributed by atoms with Gasteiger partial charge in [-0.15, -0.1) is 11.8 Å². The number of rotatable bonds is 6. The van der Waals surface area contributed by atoms with E-state index in [1.54, 1.807) is 22.7 Å². The van der Waals surface area contributed by atoms with Crippen LogP contribution in [-0.4, -0.2) is 71.4 Å². The molecule has 3 amide bonds. The number of aromatic nitrogens is 2. The maximum absolute atomic E-state index is 13.3. The number of carbonyl (C=O) groups excluding carboxylic acids is 3. The van der Waals surface area contributed by atoms with Gasteiger partial charge in [-0.25, -0.2) is 19.6 Å². The largest absolute Gasteiger partial charge is 0.449 e. The maximum atomic E-state index is 13.3. The molecule has 38 heavy (non-hydrogen) atoms. The van der Waals surface area contributed by atoms with Crippen LogP contribution in [0.15, 0.2) is 23.2 Å². The van der Waals surface area contributed by atoms with Crippen molar-refractivity contribution in [2.75, 3.05) is 43.1 Å². The Bertz CT molecular complexity index is 1280. The van der Waals surface area contributed by atoms with E-state index in [0.717, 1.165) is 36.1 Å². The molecule has 2 saturated heterocycles. The van der Waals surface area contributed by atoms with E-state index >= 15 is 0 Å². The minimum Gasteiger partial charge on any atom is -0.449 e. The number of hydrogen-bond donors (Lipinski definition) is 1. The molecule has 3 aliphatic rings. The highest BCUT2D eigenvalue weighted by atomic mass is 32.2. The van der Waals surface area contributed by atoms with Gasteiger partial charge in [0.15, 0.2) is 6.29 Å². The van der Waals surface area contributed by atoms with Crippen LogP contribution in [-0.2, 0) is 22.4 Å². The minimum atomic E-state index is -0.420. The second-order valence-corrected chi connectivity index (χ2v) is 10.7. The molecule has 0 saturated carbocycles. The third-order valence-electron chi connectivity index (χ3n) is 6.70. The number of carbonyl (C=O) groups is 3. The average molecular weight is 537 g/mol. The Balaban J connectivity index is 1.35. The predicted molar refractivity (Wildman–Crippen MR) is 139 cm³/mol. The summed E-state index contributed by atoms with van der Waals surface area (Å²) in [4.78, 5) is 50.2. The number of aryl methyl sites for hydroxylation is 1. The van der Waals surface area contributed by atoms with Gasteiger partial charge in [-0.3, -0.25) is 15.0 Å². The Kier molecular flexibility index (Phi) is 8.05. The van der Waals surface area contributed by atoms with E-state index in [4.69, 9.17) is 9.47 Å². The van der Waals surface area contributed by atoms with Gasteiger partial charge in [0.2, 0.25) is 0 Å². The Morgan fingerprint density at radius 1 is 1.26 bits per heavy atom. The number of anilines is 2. The second kappa shape index (κ2) is 11.8. The maximum Gasteiger partial charge on any atom is 0.410 e. The van der Waals surface area contributed by atoms with Crippen LogP contribution in [0, 0.1) is 11.3 Å². The van der Waals surface area contributed by atoms with Gasteiger partial charge in [0.25, 0.3) is 0 Å². The molecule has 0 aliphatic carbocycles. The zero-order valence-electron chi connectivity index (χ0n) is 20.9. The van der Waals surface area contributed by atoms with Gasteiger partial charge in [0, 0.05) is 41.6 Å². The van der Waals surface area contributed by atoms with Crippen molar-refractivity contribution in [1.29, 1.82) is 5.26 Å². The summed E-state index contributed by atoms with van der Waals surface area (Å²) in [5.41, 5.74) is 2.10. The first-order chi connectivity index (χ1) is 18.6. The summed E-state index contributed by atoms with van der Waals surface area (Å²) in [5.74, 6) is 0.749. The molecule has 5 heterocycles. The van der Waals surface area contributed by atoms with Crippen molar-refractivity contribution < 1.29 is 23.9 Å². The number of nitrogens with zero attached hydrogens (tertiary/aromatic N) is 5. The summed E-state index contributed by atoms with van der Waals surface area (Å²) < 4.78 is 10.7. The van der Waals surface area contributed by atoms with E-state index < -0.39 is 12.1 Å². The lowest BCUT2D eigenvalue weighted by Crippen LogP contribution is -2.40. The van der Waals surface area contributed by atoms with Crippen LogP contribution in [0.5, 0.6) is 0 Å². The summed E-state index contributed by atoms with van der Waals surface area (Å²) in [6.07, 6.45) is 5.66. The third-order valence-corrected chi connectivity index (χ3v) is 8.00. The number of fused-ring (bicyclic) bond motifs is 1. The summed E-state index contributed by atoms with van der Waals surface area (Å²) >= 11 is 1.55. The number of urea groups is 1. The first-order valence-electron chi connectivity index (χ1n) is 12.7. The summed E-state index contributed by atoms with van der Waals surface area (Å²) in [7, 11) is 0. The van der Waals surface area contributed by atoms with Crippen LogP contribution >= 0.6 is 11.8 Å². The van der Waals surface area contributed by atoms with Crippen LogP contribution in [0.2, 0.25) is 0 Å². The Morgan fingerprint density at radius 2 is 2.16 bits per heavy atom. The van der Waals surface area contributed by atoms with E-state index in [9.17, 15) is 19.6 Å². The molecule has 198 valence electrons. The number of hydrogen-bond acceptors (Lipinski definition) is 9. The molecule has 12 heteroatoms. The van der Waals surface area contributed by atoms with Gasteiger partial charge in [0.05, 0.1) is 25.3 Å². The molecule has 1 atom stereocenters. The quantitative estimate of drug-likeness (QED) is 0.547. The van der Waals surface area contributed by atoms with E-state index in [-0.39, 0.29) is 17.5 Å². The lowest BCUT2D eigenvalue weighted by atomic mass is 10.0. The molecule has 1 N–H and O–H groups in total. The van der Waals surface area contributed by atoms with E-state index in [1.165, 1.54) is 11.1 Å². The molecule has 5 rings (SSSR count). The molecule has 0 bridgehead atoms. The zero-order valence-corrected chi connectivity index (χ0v) is 21.7. The normalized spacial score (nSPS) is 19.2. The smallest absolute Gasteiger partial charge is 0.410 e. The topological polar surface area (TPSA) is 138 Å². The minimum absolute atomic E-state index is 0.189. The molecular formula is C26H28N6O5S. The van der Waals surface area contributed by atoms with E-state index in [1.807, 2.05) is 6.07 Å². The molecule has 11 nitrogen and oxygen atoms in total. The van der Waals surface area contributed by atoms with Crippen molar-refractivity contribution in [2.24, 2.45) is 0 Å². The number of cyclic esters (lactones) is 1. The highest BCUT2D eigenvalue weighted by Gasteiger charge is 2.28. The SMILES string of the molecule is N#Cc1cnc(NC(=O)N2CCCc3cc(CN4CCCCOC4=O)c(C=O)nc32)cc1S[C@H]1CCOC1. The summed E-state index contributed by atoms with van der Waals surface area (Å²) in [6, 6.07) is 5.31. The second-order valence-electron chi connectivity index (χ2n) is 9.34. The molecule has 3 aliphatic heterocycles. The Hall–Kier alpha value is -3.69. The highest BCUT2D eigenvalue weighted by Crippen LogP contribution is 2.33. The van der Waals surface area contributed by atoms with Crippen molar-refractivity contribution >= 4 is 41.8 Å². The molecule has 0 aromatic carbocycles. The van der Waals surface area contributed by atoms with Gasteiger partial charge in [-0.1, -0.05) is 0 Å². The number of nitrogens with one attached hydrogen (secondary N) is 1. The fourth-order valence-corrected chi connectivity index (χ4v) is 5.87. The van der Waals surface area contributed by atoms with Crippen LogP contribution in [0.3, 0.4) is 0 Å². The first kappa shape index (κ1) is 25.9. The van der Waals surface area contributed by atoms with E-state index in [2.05, 4.69) is 21.4 Å². The van der Waals surface area contributed by atoms with Gasteiger partial charge in [-0.2, -0.15) is 5.26 Å². The molecular weight excluding hydrogens is 508 g/mol. The lowest BCUT2D eigenvalue weighted by molar-refractivity contribution is 0.109. The molecule has 0 spiro atoms. The fourth-order valence-electron chi connectivity index (χ4n) is 4.73. The number of aldehydes is 1. The predicted octanol–water partition coefficient (Wildman–Crippen LogP) is 3.76. The fraction of sp³-hybridized carbons (Fsp3) is 0.462. The average Bonchev–Trinajstić information content (AvgIpc) is 3.36. The summed E-state index contributed by atoms with van der Waals surface area (Å²) in [6.45, 7) is 2.91. The molecule has 2 aromatic heterocycles. The van der Waals surface area contributed by atoms with Crippen molar-refractivity contribution in [3.05, 3.63) is 40.7 Å². The van der Waals surface area contributed by atoms with Crippen LogP contribution < -0.4 is 10.2 Å². The zero-order chi connectivity index (χ0) is 26.5. The molecule has 0 radical (unpaired) electrons. The lowest BCUT2D eigenvalue weighted by Gasteiger charge is -2.29. The van der Waals surface area contributed by atoms with Crippen molar-refractivity contribution in [3.63, 3.8) is 0 Å². The Labute approximate surface area is 224 Å². The van der Waals surface area contributed by atoms with Gasteiger partial charge >= 0.3 is 12.1 Å². The van der Waals surface area contributed by atoms with Crippen LogP contribution in [0.4, 0.5) is 21.2 Å². The molecule has 0 unspecified atom stereocenters. The van der Waals surface area contributed by atoms with Crippen LogP contribution in [0.1, 0.15) is 52.9 Å². The molecule has 2 aromatic rings. The Morgan fingerprint density at radius 3 is 2.95 bits per heavy atom. The van der Waals surface area contributed by atoms with E-state index in [0.29, 0.717) is 68.4 Å². The standard InChI is InChI=1S/C26H28N6O5S/c27-12-19-13-28-23(11-22(19)38-20-5-9-36-16-20)30-25(34)32-7-3-4-17-10-18(21(15-33)29-24(17)32)14-31-6-1-2-8-37-26(31)35/h10-11,13,15,20H,1-9,14,16H2,(H,28,30,34)/t20-/m0/s1. The third kappa shape index (κ3) is 5.74. The number of pyridine rings is 2.